The molecule has 0 saturated carbocycles. The van der Waals surface area contributed by atoms with E-state index in [-0.39, 0.29) is 6.03 Å². The van der Waals surface area contributed by atoms with E-state index in [9.17, 15) is 4.79 Å². The maximum absolute atomic E-state index is 12.6. The SMILES string of the molecule is CCN(CCN(C)C(=O)Nc1noc2ncccc12)Cc1cccc(Oc2cccc(Cl)c2)c1. The number of likely N-dealkylation sites (N-methyl/N-ethyl adjacent to an activating group) is 2. The van der Waals surface area contributed by atoms with Crippen LogP contribution in [0.25, 0.3) is 11.1 Å². The molecule has 0 bridgehead atoms. The van der Waals surface area contributed by atoms with Gasteiger partial charge in [0.25, 0.3) is 5.71 Å². The molecule has 2 aromatic carbocycles. The fraction of sp³-hybridized carbons (Fsp3) is 0.240. The Morgan fingerprint density at radius 1 is 1.09 bits per heavy atom. The Labute approximate surface area is 203 Å². The second-order valence-corrected chi connectivity index (χ2v) is 8.25. The number of nitrogens with one attached hydrogen (secondary N) is 1. The minimum atomic E-state index is -0.257. The highest BCUT2D eigenvalue weighted by molar-refractivity contribution is 6.30. The molecule has 176 valence electrons. The molecule has 2 amide bonds. The van der Waals surface area contributed by atoms with Gasteiger partial charge < -0.3 is 14.2 Å². The minimum absolute atomic E-state index is 0.257. The molecule has 0 fully saturated rings. The van der Waals surface area contributed by atoms with Crippen LogP contribution in [0.15, 0.2) is 71.4 Å². The lowest BCUT2D eigenvalue weighted by atomic mass is 10.2. The number of hydrogen-bond acceptors (Lipinski definition) is 6. The maximum Gasteiger partial charge on any atom is 0.322 e. The first-order valence-corrected chi connectivity index (χ1v) is 11.4. The summed E-state index contributed by atoms with van der Waals surface area (Å²) in [5.41, 5.74) is 1.51. The first-order chi connectivity index (χ1) is 16.5. The summed E-state index contributed by atoms with van der Waals surface area (Å²) in [5.74, 6) is 1.81. The standard InChI is InChI=1S/C25H26ClN5O3/c1-3-31(17-18-7-4-9-20(15-18)33-21-10-5-8-19(26)16-21)14-13-30(2)25(32)28-23-22-11-6-12-27-24(22)34-29-23/h4-12,15-16H,3,13-14,17H2,1-2H3,(H,28,29,32). The minimum Gasteiger partial charge on any atom is -0.457 e. The highest BCUT2D eigenvalue weighted by atomic mass is 35.5. The van der Waals surface area contributed by atoms with Crippen molar-refractivity contribution >= 4 is 34.5 Å². The zero-order valence-electron chi connectivity index (χ0n) is 19.1. The van der Waals surface area contributed by atoms with E-state index in [4.69, 9.17) is 20.9 Å². The number of ether oxygens (including phenoxy) is 1. The van der Waals surface area contributed by atoms with E-state index >= 15 is 0 Å². The Kier molecular flexibility index (Phi) is 7.61. The summed E-state index contributed by atoms with van der Waals surface area (Å²) in [7, 11) is 1.75. The van der Waals surface area contributed by atoms with E-state index in [0.29, 0.717) is 40.8 Å². The quantitative estimate of drug-likeness (QED) is 0.334. The molecule has 0 aliphatic heterocycles. The highest BCUT2D eigenvalue weighted by Gasteiger charge is 2.15. The van der Waals surface area contributed by atoms with Gasteiger partial charge in [0.2, 0.25) is 0 Å². The molecule has 0 atom stereocenters. The molecule has 4 aromatic rings. The van der Waals surface area contributed by atoms with E-state index in [2.05, 4.69) is 33.3 Å². The molecule has 0 radical (unpaired) electrons. The molecule has 0 spiro atoms. The first-order valence-electron chi connectivity index (χ1n) is 11.0. The summed E-state index contributed by atoms with van der Waals surface area (Å²) in [6.07, 6.45) is 1.61. The van der Waals surface area contributed by atoms with Crippen LogP contribution in [0.1, 0.15) is 12.5 Å². The van der Waals surface area contributed by atoms with Crippen molar-refractivity contribution in [2.24, 2.45) is 0 Å². The van der Waals surface area contributed by atoms with Crippen molar-refractivity contribution < 1.29 is 14.1 Å². The van der Waals surface area contributed by atoms with E-state index in [1.54, 1.807) is 36.3 Å². The average Bonchev–Trinajstić information content (AvgIpc) is 3.24. The van der Waals surface area contributed by atoms with Gasteiger partial charge in [-0.25, -0.2) is 9.78 Å². The summed E-state index contributed by atoms with van der Waals surface area (Å²) in [4.78, 5) is 20.6. The van der Waals surface area contributed by atoms with Gasteiger partial charge in [0.05, 0.1) is 5.39 Å². The third-order valence-corrected chi connectivity index (χ3v) is 5.59. The fourth-order valence-corrected chi connectivity index (χ4v) is 3.62. The number of rotatable bonds is 9. The monoisotopic (exact) mass is 479 g/mol. The van der Waals surface area contributed by atoms with Crippen LogP contribution < -0.4 is 10.1 Å². The number of halogens is 1. The number of fused-ring (bicyclic) bond motifs is 1. The number of anilines is 1. The van der Waals surface area contributed by atoms with Crippen LogP contribution in [0.4, 0.5) is 10.6 Å². The van der Waals surface area contributed by atoms with E-state index < -0.39 is 0 Å². The molecule has 0 aliphatic carbocycles. The summed E-state index contributed by atoms with van der Waals surface area (Å²) in [6, 6.07) is 18.6. The van der Waals surface area contributed by atoms with Gasteiger partial charge in [0.15, 0.2) is 5.82 Å². The predicted octanol–water partition coefficient (Wildman–Crippen LogP) is 5.65. The normalized spacial score (nSPS) is 11.1. The van der Waals surface area contributed by atoms with E-state index in [0.717, 1.165) is 24.4 Å². The smallest absolute Gasteiger partial charge is 0.322 e. The number of amides is 2. The Hall–Kier alpha value is -3.62. The lowest BCUT2D eigenvalue weighted by Gasteiger charge is -2.24. The van der Waals surface area contributed by atoms with Gasteiger partial charge in [0.1, 0.15) is 11.5 Å². The number of benzene rings is 2. The van der Waals surface area contributed by atoms with Crippen LogP contribution >= 0.6 is 11.6 Å². The Bertz CT molecular complexity index is 1260. The van der Waals surface area contributed by atoms with Gasteiger partial charge in [-0.3, -0.25) is 10.2 Å². The molecule has 0 saturated heterocycles. The van der Waals surface area contributed by atoms with Crippen LogP contribution in [-0.2, 0) is 6.54 Å². The lowest BCUT2D eigenvalue weighted by molar-refractivity contribution is 0.205. The zero-order chi connectivity index (χ0) is 23.9. The number of carbonyl (C=O) groups is 1. The molecule has 9 heteroatoms. The largest absolute Gasteiger partial charge is 0.457 e. The molecule has 2 heterocycles. The molecule has 0 unspecified atom stereocenters. The summed E-state index contributed by atoms with van der Waals surface area (Å²) in [5, 5.41) is 7.99. The number of urea groups is 1. The molecule has 34 heavy (non-hydrogen) atoms. The number of aromatic nitrogens is 2. The molecule has 4 rings (SSSR count). The van der Waals surface area contributed by atoms with Crippen LogP contribution in [0.5, 0.6) is 11.5 Å². The van der Waals surface area contributed by atoms with Crippen LogP contribution in [-0.4, -0.2) is 52.7 Å². The second-order valence-electron chi connectivity index (χ2n) is 7.81. The average molecular weight is 480 g/mol. The maximum atomic E-state index is 12.6. The summed E-state index contributed by atoms with van der Waals surface area (Å²) in [6.45, 7) is 4.93. The van der Waals surface area contributed by atoms with Crippen LogP contribution in [0.3, 0.4) is 0 Å². The van der Waals surface area contributed by atoms with Gasteiger partial charge in [-0.2, -0.15) is 0 Å². The van der Waals surface area contributed by atoms with Crippen LogP contribution in [0, 0.1) is 0 Å². The Balaban J connectivity index is 1.31. The number of hydrogen-bond donors (Lipinski definition) is 1. The van der Waals surface area contributed by atoms with E-state index in [1.165, 1.54) is 0 Å². The summed E-state index contributed by atoms with van der Waals surface area (Å²) < 4.78 is 11.1. The highest BCUT2D eigenvalue weighted by Crippen LogP contribution is 2.25. The Morgan fingerprint density at radius 3 is 2.68 bits per heavy atom. The van der Waals surface area contributed by atoms with Crippen LogP contribution in [0.2, 0.25) is 5.02 Å². The van der Waals surface area contributed by atoms with Crippen molar-refractivity contribution in [3.8, 4) is 11.5 Å². The molecule has 0 aliphatic rings. The van der Waals surface area contributed by atoms with Gasteiger partial charge in [-0.05, 0) is 54.6 Å². The van der Waals surface area contributed by atoms with Gasteiger partial charge in [-0.15, -0.1) is 0 Å². The van der Waals surface area contributed by atoms with Gasteiger partial charge in [-0.1, -0.05) is 41.9 Å². The number of nitrogens with zero attached hydrogens (tertiary/aromatic N) is 4. The summed E-state index contributed by atoms with van der Waals surface area (Å²) >= 11 is 6.05. The fourth-order valence-electron chi connectivity index (χ4n) is 3.44. The van der Waals surface area contributed by atoms with E-state index in [1.807, 2.05) is 36.4 Å². The second kappa shape index (κ2) is 11.0. The third kappa shape index (κ3) is 6.03. The number of pyridine rings is 1. The molecular formula is C25H26ClN5O3. The Morgan fingerprint density at radius 2 is 1.88 bits per heavy atom. The van der Waals surface area contributed by atoms with Crippen molar-refractivity contribution in [2.75, 3.05) is 32.0 Å². The third-order valence-electron chi connectivity index (χ3n) is 5.36. The predicted molar refractivity (Wildman–Crippen MR) is 132 cm³/mol. The topological polar surface area (TPSA) is 83.7 Å². The molecule has 1 N–H and O–H groups in total. The van der Waals surface area contributed by atoms with Crippen molar-refractivity contribution in [1.29, 1.82) is 0 Å². The van der Waals surface area contributed by atoms with Gasteiger partial charge >= 0.3 is 6.03 Å². The zero-order valence-corrected chi connectivity index (χ0v) is 19.8. The lowest BCUT2D eigenvalue weighted by Crippen LogP contribution is -2.38. The van der Waals surface area contributed by atoms with Gasteiger partial charge in [0, 0.05) is 37.9 Å². The molecule has 8 nitrogen and oxygen atoms in total. The van der Waals surface area contributed by atoms with Crippen molar-refractivity contribution in [3.63, 3.8) is 0 Å². The van der Waals surface area contributed by atoms with Crippen molar-refractivity contribution in [1.82, 2.24) is 19.9 Å². The van der Waals surface area contributed by atoms with Crippen molar-refractivity contribution in [3.05, 3.63) is 77.4 Å². The molecule has 2 aromatic heterocycles. The molecular weight excluding hydrogens is 454 g/mol. The van der Waals surface area contributed by atoms with Crippen molar-refractivity contribution in [2.45, 2.75) is 13.5 Å². The number of carbonyl (C=O) groups excluding carboxylic acids is 1. The first kappa shape index (κ1) is 23.5.